The molecule has 2 aromatic carbocycles. The predicted molar refractivity (Wildman–Crippen MR) is 104 cm³/mol. The summed E-state index contributed by atoms with van der Waals surface area (Å²) in [6.45, 7) is 0. The zero-order valence-electron chi connectivity index (χ0n) is 15.1. The van der Waals surface area contributed by atoms with Gasteiger partial charge in [-0.25, -0.2) is 9.37 Å². The maximum absolute atomic E-state index is 13.0. The van der Waals surface area contributed by atoms with E-state index in [1.165, 1.54) is 30.3 Å². The Bertz CT molecular complexity index is 1100. The highest BCUT2D eigenvalue weighted by Crippen LogP contribution is 2.42. The van der Waals surface area contributed by atoms with Gasteiger partial charge in [-0.1, -0.05) is 30.0 Å². The molecule has 11 heteroatoms. The Morgan fingerprint density at radius 2 is 1.90 bits per heavy atom. The molecule has 4 rings (SSSR count). The monoisotopic (exact) mass is 434 g/mol. The maximum atomic E-state index is 13.0. The quantitative estimate of drug-likeness (QED) is 0.567. The summed E-state index contributed by atoms with van der Waals surface area (Å²) < 4.78 is 47.6. The fourth-order valence-electron chi connectivity index (χ4n) is 2.50. The average molecular weight is 434 g/mol. The van der Waals surface area contributed by atoms with E-state index in [2.05, 4.69) is 30.0 Å². The zero-order chi connectivity index (χ0) is 21.1. The summed E-state index contributed by atoms with van der Waals surface area (Å²) in [6, 6.07) is 9.92. The normalized spacial score (nSPS) is 14.2. The molecule has 30 heavy (non-hydrogen) atoms. The lowest BCUT2D eigenvalue weighted by Gasteiger charge is -2.05. The number of alkyl halides is 2. The first kappa shape index (κ1) is 19.8. The van der Waals surface area contributed by atoms with Crippen LogP contribution in [0.2, 0.25) is 0 Å². The number of rotatable bonds is 6. The largest absolute Gasteiger partial charge is 0.586 e. The zero-order valence-corrected chi connectivity index (χ0v) is 15.9. The van der Waals surface area contributed by atoms with E-state index in [1.54, 1.807) is 24.3 Å². The summed E-state index contributed by atoms with van der Waals surface area (Å²) in [5, 5.41) is 9.65. The van der Waals surface area contributed by atoms with E-state index in [9.17, 15) is 18.0 Å². The van der Waals surface area contributed by atoms with Gasteiger partial charge in [0.25, 0.3) is 0 Å². The molecule has 0 fully saturated rings. The van der Waals surface area contributed by atoms with E-state index >= 15 is 0 Å². The van der Waals surface area contributed by atoms with E-state index < -0.39 is 6.29 Å². The number of hydrogen-bond donors (Lipinski definition) is 2. The number of thioether (sulfide) groups is 1. The second kappa shape index (κ2) is 8.11. The number of fused-ring (bicyclic) bond motifs is 1. The molecule has 2 heterocycles. The molecule has 0 bridgehead atoms. The lowest BCUT2D eigenvalue weighted by molar-refractivity contribution is -0.286. The summed E-state index contributed by atoms with van der Waals surface area (Å²) in [5.74, 6) is -0.477. The van der Waals surface area contributed by atoms with Gasteiger partial charge in [-0.3, -0.25) is 9.89 Å². The van der Waals surface area contributed by atoms with Crippen LogP contribution in [0.25, 0.3) is 12.2 Å². The topological polar surface area (TPSA) is 89.1 Å². The molecule has 0 spiro atoms. The van der Waals surface area contributed by atoms with Gasteiger partial charge >= 0.3 is 6.29 Å². The van der Waals surface area contributed by atoms with E-state index in [-0.39, 0.29) is 29.0 Å². The van der Waals surface area contributed by atoms with Crippen LogP contribution in [0.15, 0.2) is 47.6 Å². The molecule has 0 atom stereocenters. The number of halogens is 3. The fraction of sp³-hybridized carbons (Fsp3) is 0.105. The van der Waals surface area contributed by atoms with Crippen molar-refractivity contribution >= 4 is 35.5 Å². The molecule has 1 aliphatic heterocycles. The van der Waals surface area contributed by atoms with Crippen molar-refractivity contribution in [1.29, 1.82) is 0 Å². The summed E-state index contributed by atoms with van der Waals surface area (Å²) >= 11 is 1.09. The summed E-state index contributed by atoms with van der Waals surface area (Å²) in [4.78, 5) is 16.3. The summed E-state index contributed by atoms with van der Waals surface area (Å²) in [7, 11) is 0. The second-order valence-corrected chi connectivity index (χ2v) is 7.00. The van der Waals surface area contributed by atoms with Crippen LogP contribution in [0.1, 0.15) is 11.4 Å². The van der Waals surface area contributed by atoms with Crippen molar-refractivity contribution in [1.82, 2.24) is 15.2 Å². The minimum atomic E-state index is -3.71. The highest BCUT2D eigenvalue weighted by Gasteiger charge is 2.43. The molecule has 0 saturated carbocycles. The summed E-state index contributed by atoms with van der Waals surface area (Å²) in [5.41, 5.74) is 1.08. The van der Waals surface area contributed by atoms with Crippen LogP contribution in [0, 0.1) is 5.82 Å². The van der Waals surface area contributed by atoms with E-state index in [1.807, 2.05) is 0 Å². The lowest BCUT2D eigenvalue weighted by atomic mass is 10.2. The highest BCUT2D eigenvalue weighted by molar-refractivity contribution is 7.99. The molecule has 1 aromatic heterocycles. The Kier molecular flexibility index (Phi) is 5.36. The average Bonchev–Trinajstić information content (AvgIpc) is 3.28. The van der Waals surface area contributed by atoms with E-state index in [4.69, 9.17) is 0 Å². The van der Waals surface area contributed by atoms with Gasteiger partial charge in [0.05, 0.1) is 5.75 Å². The molecule has 0 saturated heterocycles. The van der Waals surface area contributed by atoms with Gasteiger partial charge in [0.1, 0.15) is 11.6 Å². The molecule has 1 amide bonds. The standard InChI is InChI=1S/C19H13F3N4O3S/c20-12-4-1-11(2-5-12)3-8-16-24-18(26-25-16)30-10-17(27)23-13-6-7-14-15(9-13)29-19(21,22)28-14/h1-9H,10H2,(H,23,27)(H,24,25,26)/b8-3+. The smallest absolute Gasteiger partial charge is 0.395 e. The van der Waals surface area contributed by atoms with Gasteiger partial charge < -0.3 is 14.8 Å². The third-order valence-corrected chi connectivity index (χ3v) is 4.65. The van der Waals surface area contributed by atoms with Crippen molar-refractivity contribution in [2.75, 3.05) is 11.1 Å². The van der Waals surface area contributed by atoms with Crippen molar-refractivity contribution in [3.63, 3.8) is 0 Å². The molecule has 0 radical (unpaired) electrons. The molecule has 3 aromatic rings. The van der Waals surface area contributed by atoms with Crippen molar-refractivity contribution < 1.29 is 27.4 Å². The molecule has 0 aliphatic carbocycles. The molecular weight excluding hydrogens is 421 g/mol. The molecule has 154 valence electrons. The maximum Gasteiger partial charge on any atom is 0.586 e. The highest BCUT2D eigenvalue weighted by atomic mass is 32.2. The first-order valence-electron chi connectivity index (χ1n) is 8.55. The number of ether oxygens (including phenoxy) is 2. The van der Waals surface area contributed by atoms with Crippen LogP contribution in [-0.4, -0.2) is 33.1 Å². The van der Waals surface area contributed by atoms with Crippen molar-refractivity contribution in [2.45, 2.75) is 11.5 Å². The van der Waals surface area contributed by atoms with Crippen molar-refractivity contribution in [3.05, 3.63) is 59.7 Å². The molecule has 2 N–H and O–H groups in total. The number of aromatic amines is 1. The van der Waals surface area contributed by atoms with Crippen LogP contribution < -0.4 is 14.8 Å². The molecule has 1 aliphatic rings. The second-order valence-electron chi connectivity index (χ2n) is 6.05. The number of anilines is 1. The van der Waals surface area contributed by atoms with Gasteiger partial charge in [-0.2, -0.15) is 0 Å². The first-order chi connectivity index (χ1) is 14.4. The SMILES string of the molecule is O=C(CSc1n[nH]c(/C=C/c2ccc(F)cc2)n1)Nc1ccc2c(c1)OC(F)(F)O2. The van der Waals surface area contributed by atoms with Crippen molar-refractivity contribution in [2.24, 2.45) is 0 Å². The number of benzene rings is 2. The lowest BCUT2D eigenvalue weighted by Crippen LogP contribution is -2.25. The number of hydrogen-bond acceptors (Lipinski definition) is 6. The molecule has 7 nitrogen and oxygen atoms in total. The van der Waals surface area contributed by atoms with Crippen LogP contribution in [0.3, 0.4) is 0 Å². The number of carbonyl (C=O) groups excluding carboxylic acids is 1. The van der Waals surface area contributed by atoms with Gasteiger partial charge in [0.15, 0.2) is 11.5 Å². The van der Waals surface area contributed by atoms with Crippen LogP contribution in [0.4, 0.5) is 18.9 Å². The third-order valence-electron chi connectivity index (χ3n) is 3.80. The van der Waals surface area contributed by atoms with Gasteiger partial charge in [0.2, 0.25) is 11.1 Å². The van der Waals surface area contributed by atoms with E-state index in [0.29, 0.717) is 16.7 Å². The van der Waals surface area contributed by atoms with Crippen molar-refractivity contribution in [3.8, 4) is 11.5 Å². The van der Waals surface area contributed by atoms with Crippen LogP contribution in [-0.2, 0) is 4.79 Å². The first-order valence-corrected chi connectivity index (χ1v) is 9.53. The summed E-state index contributed by atoms with van der Waals surface area (Å²) in [6.07, 6.45) is -0.299. The number of H-pyrrole nitrogens is 1. The van der Waals surface area contributed by atoms with E-state index in [0.717, 1.165) is 17.3 Å². The minimum absolute atomic E-state index is 0.00354. The number of amides is 1. The van der Waals surface area contributed by atoms with Crippen LogP contribution in [0.5, 0.6) is 11.5 Å². The predicted octanol–water partition coefficient (Wildman–Crippen LogP) is 4.17. The number of nitrogens with one attached hydrogen (secondary N) is 2. The molecular formula is C19H13F3N4O3S. The number of aromatic nitrogens is 3. The number of carbonyl (C=O) groups is 1. The Morgan fingerprint density at radius 1 is 1.13 bits per heavy atom. The number of nitrogens with zero attached hydrogens (tertiary/aromatic N) is 2. The van der Waals surface area contributed by atoms with Gasteiger partial charge in [0, 0.05) is 11.8 Å². The molecule has 0 unspecified atom stereocenters. The van der Waals surface area contributed by atoms with Gasteiger partial charge in [-0.05, 0) is 35.9 Å². The Morgan fingerprint density at radius 3 is 2.70 bits per heavy atom. The minimum Gasteiger partial charge on any atom is -0.395 e. The Labute approximate surface area is 172 Å². The third kappa shape index (κ3) is 4.92. The Balaban J connectivity index is 1.29. The fourth-order valence-corrected chi connectivity index (χ4v) is 3.11. The van der Waals surface area contributed by atoms with Gasteiger partial charge in [-0.15, -0.1) is 13.9 Å². The Hall–Kier alpha value is -3.47. The van der Waals surface area contributed by atoms with Crippen LogP contribution >= 0.6 is 11.8 Å².